The molecule has 0 bridgehead atoms. The highest BCUT2D eigenvalue weighted by Gasteiger charge is 2.21. The van der Waals surface area contributed by atoms with Crippen LogP contribution in [0.3, 0.4) is 0 Å². The Balaban J connectivity index is 2.57. The van der Waals surface area contributed by atoms with E-state index in [9.17, 15) is 4.79 Å². The van der Waals surface area contributed by atoms with Crippen LogP contribution in [0.2, 0.25) is 0 Å². The second kappa shape index (κ2) is 2.05. The lowest BCUT2D eigenvalue weighted by Gasteiger charge is -1.98. The Morgan fingerprint density at radius 1 is 1.64 bits per heavy atom. The number of hydrogen-bond donors (Lipinski definition) is 0. The lowest BCUT2D eigenvalue weighted by atomic mass is 10.2. The Kier molecular flexibility index (Phi) is 1.18. The highest BCUT2D eigenvalue weighted by Crippen LogP contribution is 2.27. The molecule has 0 radical (unpaired) electrons. The molecule has 0 saturated carbocycles. The van der Waals surface area contributed by atoms with Gasteiger partial charge in [0.15, 0.2) is 5.75 Å². The average Bonchev–Trinajstić information content (AvgIpc) is 2.31. The average molecular weight is 149 g/mol. The fourth-order valence-corrected chi connectivity index (χ4v) is 1.19. The molecular weight excluding hydrogens is 142 g/mol. The predicted molar refractivity (Wildman–Crippen MR) is 38.3 cm³/mol. The predicted octanol–water partition coefficient (Wildman–Crippen LogP) is 0.852. The van der Waals surface area contributed by atoms with Gasteiger partial charge in [0.2, 0.25) is 0 Å². The minimum atomic E-state index is -0.184. The van der Waals surface area contributed by atoms with Crippen LogP contribution >= 0.6 is 0 Å². The largest absolute Gasteiger partial charge is 0.424 e. The third kappa shape index (κ3) is 0.888. The van der Waals surface area contributed by atoms with Gasteiger partial charge >= 0.3 is 5.97 Å². The van der Waals surface area contributed by atoms with E-state index < -0.39 is 0 Å². The van der Waals surface area contributed by atoms with E-state index in [0.717, 1.165) is 11.3 Å². The highest BCUT2D eigenvalue weighted by atomic mass is 16.5. The van der Waals surface area contributed by atoms with E-state index in [0.29, 0.717) is 12.2 Å². The van der Waals surface area contributed by atoms with Gasteiger partial charge in [-0.2, -0.15) is 0 Å². The Morgan fingerprint density at radius 2 is 2.45 bits per heavy atom. The van der Waals surface area contributed by atoms with E-state index in [4.69, 9.17) is 4.74 Å². The second-order valence-corrected chi connectivity index (χ2v) is 2.54. The molecule has 1 aromatic rings. The van der Waals surface area contributed by atoms with Crippen molar-refractivity contribution < 1.29 is 9.53 Å². The quantitative estimate of drug-likeness (QED) is 0.513. The van der Waals surface area contributed by atoms with Crippen LogP contribution in [0.15, 0.2) is 12.3 Å². The van der Waals surface area contributed by atoms with Crippen molar-refractivity contribution >= 4 is 5.97 Å². The van der Waals surface area contributed by atoms with Gasteiger partial charge in [0.1, 0.15) is 0 Å². The molecule has 3 heteroatoms. The number of fused-ring (bicyclic) bond motifs is 1. The highest BCUT2D eigenvalue weighted by molar-refractivity contribution is 5.81. The number of ether oxygens (including phenoxy) is 1. The molecular formula is C8H7NO2. The lowest BCUT2D eigenvalue weighted by Crippen LogP contribution is -2.00. The number of aryl methyl sites for hydroxylation is 1. The van der Waals surface area contributed by atoms with E-state index in [-0.39, 0.29) is 5.97 Å². The van der Waals surface area contributed by atoms with Crippen LogP contribution in [-0.2, 0) is 11.2 Å². The Bertz CT molecular complexity index is 320. The Labute approximate surface area is 64.0 Å². The van der Waals surface area contributed by atoms with Crippen LogP contribution in [0.25, 0.3) is 0 Å². The molecule has 0 atom stereocenters. The molecule has 1 aliphatic rings. The monoisotopic (exact) mass is 149 g/mol. The fraction of sp³-hybridized carbons (Fsp3) is 0.250. The molecule has 0 fully saturated rings. The molecule has 0 amide bonds. The maximum absolute atomic E-state index is 10.8. The molecule has 56 valence electrons. The van der Waals surface area contributed by atoms with Crippen molar-refractivity contribution in [3.8, 4) is 5.75 Å². The number of hydrogen-bond acceptors (Lipinski definition) is 3. The third-order valence-electron chi connectivity index (χ3n) is 1.71. The first kappa shape index (κ1) is 6.34. The van der Waals surface area contributed by atoms with Gasteiger partial charge in [-0.15, -0.1) is 0 Å². The summed E-state index contributed by atoms with van der Waals surface area (Å²) >= 11 is 0. The van der Waals surface area contributed by atoms with Gasteiger partial charge in [-0.1, -0.05) is 0 Å². The number of aromatic nitrogens is 1. The van der Waals surface area contributed by atoms with Crippen LogP contribution in [0, 0.1) is 6.92 Å². The van der Waals surface area contributed by atoms with Gasteiger partial charge in [-0.05, 0) is 13.0 Å². The summed E-state index contributed by atoms with van der Waals surface area (Å²) in [5, 5.41) is 0. The van der Waals surface area contributed by atoms with Crippen molar-refractivity contribution in [2.24, 2.45) is 0 Å². The van der Waals surface area contributed by atoms with Crippen molar-refractivity contribution in [3.05, 3.63) is 23.5 Å². The molecule has 0 saturated heterocycles. The molecule has 1 aliphatic heterocycles. The summed E-state index contributed by atoms with van der Waals surface area (Å²) in [5.74, 6) is 0.466. The minimum absolute atomic E-state index is 0.184. The summed E-state index contributed by atoms with van der Waals surface area (Å²) in [6, 6.07) is 1.81. The SMILES string of the molecule is Cc1nccc2c1OC(=O)C2. The zero-order valence-corrected chi connectivity index (χ0v) is 6.13. The fourth-order valence-electron chi connectivity index (χ4n) is 1.19. The third-order valence-corrected chi connectivity index (χ3v) is 1.71. The maximum Gasteiger partial charge on any atom is 0.315 e. The zero-order chi connectivity index (χ0) is 7.84. The number of carbonyl (C=O) groups is 1. The molecule has 0 aromatic carbocycles. The summed E-state index contributed by atoms with van der Waals surface area (Å²) in [6.07, 6.45) is 2.08. The summed E-state index contributed by atoms with van der Waals surface area (Å²) in [6.45, 7) is 1.83. The number of esters is 1. The van der Waals surface area contributed by atoms with Crippen LogP contribution in [0.5, 0.6) is 5.75 Å². The van der Waals surface area contributed by atoms with Crippen molar-refractivity contribution in [3.63, 3.8) is 0 Å². The van der Waals surface area contributed by atoms with Gasteiger partial charge in [0.25, 0.3) is 0 Å². The van der Waals surface area contributed by atoms with Gasteiger partial charge < -0.3 is 4.74 Å². The maximum atomic E-state index is 10.8. The van der Waals surface area contributed by atoms with Crippen molar-refractivity contribution in [1.29, 1.82) is 0 Å². The molecule has 2 rings (SSSR count). The molecule has 3 nitrogen and oxygen atoms in total. The van der Waals surface area contributed by atoms with Gasteiger partial charge in [-0.25, -0.2) is 0 Å². The van der Waals surface area contributed by atoms with Crippen LogP contribution in [0.4, 0.5) is 0 Å². The number of pyridine rings is 1. The molecule has 1 aromatic heterocycles. The molecule has 0 unspecified atom stereocenters. The van der Waals surface area contributed by atoms with E-state index in [2.05, 4.69) is 4.98 Å². The first-order valence-corrected chi connectivity index (χ1v) is 3.42. The van der Waals surface area contributed by atoms with Gasteiger partial charge in [0, 0.05) is 11.8 Å². The Hall–Kier alpha value is -1.38. The molecule has 2 heterocycles. The van der Waals surface area contributed by atoms with Crippen LogP contribution in [-0.4, -0.2) is 11.0 Å². The molecule has 0 N–H and O–H groups in total. The van der Waals surface area contributed by atoms with Gasteiger partial charge in [0.05, 0.1) is 12.1 Å². The minimum Gasteiger partial charge on any atom is -0.424 e. The Morgan fingerprint density at radius 3 is 3.18 bits per heavy atom. The van der Waals surface area contributed by atoms with E-state index in [1.165, 1.54) is 0 Å². The summed E-state index contributed by atoms with van der Waals surface area (Å²) in [7, 11) is 0. The summed E-state index contributed by atoms with van der Waals surface area (Å²) < 4.78 is 4.94. The van der Waals surface area contributed by atoms with Gasteiger partial charge in [-0.3, -0.25) is 9.78 Å². The van der Waals surface area contributed by atoms with Crippen molar-refractivity contribution in [2.75, 3.05) is 0 Å². The zero-order valence-electron chi connectivity index (χ0n) is 6.13. The van der Waals surface area contributed by atoms with Crippen molar-refractivity contribution in [2.45, 2.75) is 13.3 Å². The smallest absolute Gasteiger partial charge is 0.315 e. The first-order chi connectivity index (χ1) is 5.27. The standard InChI is InChI=1S/C8H7NO2/c1-5-8-6(2-3-9-5)4-7(10)11-8/h2-3H,4H2,1H3. The number of carbonyl (C=O) groups excluding carboxylic acids is 1. The second-order valence-electron chi connectivity index (χ2n) is 2.54. The molecule has 0 aliphatic carbocycles. The molecule has 0 spiro atoms. The van der Waals surface area contributed by atoms with E-state index >= 15 is 0 Å². The lowest BCUT2D eigenvalue weighted by molar-refractivity contribution is -0.131. The van der Waals surface area contributed by atoms with E-state index in [1.54, 1.807) is 6.20 Å². The number of rotatable bonds is 0. The topological polar surface area (TPSA) is 39.2 Å². The van der Waals surface area contributed by atoms with Crippen LogP contribution in [0.1, 0.15) is 11.3 Å². The van der Waals surface area contributed by atoms with Crippen molar-refractivity contribution in [1.82, 2.24) is 4.98 Å². The first-order valence-electron chi connectivity index (χ1n) is 3.42. The van der Waals surface area contributed by atoms with E-state index in [1.807, 2.05) is 13.0 Å². The summed E-state index contributed by atoms with van der Waals surface area (Å²) in [5.41, 5.74) is 1.73. The normalized spacial score (nSPS) is 14.5. The molecule has 11 heavy (non-hydrogen) atoms. The summed E-state index contributed by atoms with van der Waals surface area (Å²) in [4.78, 5) is 14.8. The van der Waals surface area contributed by atoms with Crippen LogP contribution < -0.4 is 4.74 Å². The number of nitrogens with zero attached hydrogens (tertiary/aromatic N) is 1.